The van der Waals surface area contributed by atoms with Crippen LogP contribution in [0.2, 0.25) is 0 Å². The number of aryl methyl sites for hydroxylation is 1. The van der Waals surface area contributed by atoms with Crippen molar-refractivity contribution < 1.29 is 19.1 Å². The van der Waals surface area contributed by atoms with E-state index in [1.165, 1.54) is 18.9 Å². The van der Waals surface area contributed by atoms with Gasteiger partial charge in [-0.2, -0.15) is 0 Å². The van der Waals surface area contributed by atoms with Gasteiger partial charge in [0.15, 0.2) is 16.8 Å². The van der Waals surface area contributed by atoms with Crippen molar-refractivity contribution in [2.45, 2.75) is 19.0 Å². The van der Waals surface area contributed by atoms with Gasteiger partial charge in [-0.25, -0.2) is 4.79 Å². The monoisotopic (exact) mass is 490 g/mol. The number of nitrogens with zero attached hydrogens (tertiary/aromatic N) is 4. The molecule has 0 bridgehead atoms. The summed E-state index contributed by atoms with van der Waals surface area (Å²) in [7, 11) is 4.86. The molecule has 0 saturated carbocycles. The van der Waals surface area contributed by atoms with Crippen LogP contribution in [0, 0.1) is 13.8 Å². The Morgan fingerprint density at radius 2 is 1.74 bits per heavy atom. The fourth-order valence-corrected chi connectivity index (χ4v) is 4.76. The number of hydrogen-bond donors (Lipinski definition) is 0. The summed E-state index contributed by atoms with van der Waals surface area (Å²) in [6, 6.07) is 16.6. The van der Waals surface area contributed by atoms with Crippen molar-refractivity contribution in [2.75, 3.05) is 20.0 Å². The molecule has 0 aliphatic rings. The second-order valence-corrected chi connectivity index (χ2v) is 8.91. The Hall–Kier alpha value is -3.85. The molecule has 0 aliphatic carbocycles. The normalized spacial score (nSPS) is 10.9. The number of esters is 1. The summed E-state index contributed by atoms with van der Waals surface area (Å²) in [5, 5.41) is 9.23. The molecule has 0 saturated heterocycles. The lowest BCUT2D eigenvalue weighted by atomic mass is 10.2. The van der Waals surface area contributed by atoms with Crippen LogP contribution in [0.4, 0.5) is 0 Å². The van der Waals surface area contributed by atoms with E-state index in [-0.39, 0.29) is 17.5 Å². The van der Waals surface area contributed by atoms with Crippen LogP contribution in [0.3, 0.4) is 0 Å². The summed E-state index contributed by atoms with van der Waals surface area (Å²) in [5.74, 6) is 1.29. The number of ketones is 1. The van der Waals surface area contributed by atoms with Gasteiger partial charge in [-0.3, -0.25) is 4.79 Å². The topological polar surface area (TPSA) is 88.2 Å². The molecule has 2 aromatic heterocycles. The molecule has 0 spiro atoms. The zero-order valence-electron chi connectivity index (χ0n) is 20.2. The summed E-state index contributed by atoms with van der Waals surface area (Å²) < 4.78 is 13.9. The first kappa shape index (κ1) is 24.3. The third-order valence-electron chi connectivity index (χ3n) is 5.77. The average Bonchev–Trinajstić information content (AvgIpc) is 3.40. The highest BCUT2D eigenvalue weighted by atomic mass is 32.2. The fraction of sp³-hybridized carbons (Fsp3) is 0.231. The van der Waals surface area contributed by atoms with Gasteiger partial charge in [-0.05, 0) is 56.3 Å². The van der Waals surface area contributed by atoms with Gasteiger partial charge in [0.25, 0.3) is 0 Å². The predicted octanol–water partition coefficient (Wildman–Crippen LogP) is 4.66. The first-order valence-corrected chi connectivity index (χ1v) is 11.9. The zero-order chi connectivity index (χ0) is 25.1. The van der Waals surface area contributed by atoms with Crippen LogP contribution in [0.1, 0.15) is 32.1 Å². The number of carbonyl (C=O) groups is 2. The van der Waals surface area contributed by atoms with Crippen LogP contribution in [-0.2, 0) is 11.8 Å². The van der Waals surface area contributed by atoms with Gasteiger partial charge >= 0.3 is 5.97 Å². The number of rotatable bonds is 8. The highest BCUT2D eigenvalue weighted by molar-refractivity contribution is 7.99. The van der Waals surface area contributed by atoms with Crippen molar-refractivity contribution in [2.24, 2.45) is 7.05 Å². The Morgan fingerprint density at radius 3 is 2.43 bits per heavy atom. The van der Waals surface area contributed by atoms with E-state index in [4.69, 9.17) is 9.47 Å². The second kappa shape index (κ2) is 10.2. The number of carbonyl (C=O) groups excluding carboxylic acids is 2. The highest BCUT2D eigenvalue weighted by Crippen LogP contribution is 2.27. The van der Waals surface area contributed by atoms with E-state index in [0.717, 1.165) is 28.4 Å². The quantitative estimate of drug-likeness (QED) is 0.202. The van der Waals surface area contributed by atoms with Crippen LogP contribution < -0.4 is 4.74 Å². The van der Waals surface area contributed by atoms with Crippen LogP contribution in [0.5, 0.6) is 5.75 Å². The summed E-state index contributed by atoms with van der Waals surface area (Å²) in [6.45, 7) is 3.87. The molecule has 0 radical (unpaired) electrons. The Balaban J connectivity index is 1.51. The highest BCUT2D eigenvalue weighted by Gasteiger charge is 2.19. The van der Waals surface area contributed by atoms with Gasteiger partial charge in [0, 0.05) is 35.2 Å². The minimum Gasteiger partial charge on any atom is -0.497 e. The number of ether oxygens (including phenoxy) is 2. The summed E-state index contributed by atoms with van der Waals surface area (Å²) in [6.07, 6.45) is 0. The Bertz CT molecular complexity index is 1390. The number of thioether (sulfide) groups is 1. The molecule has 4 aromatic rings. The molecule has 9 heteroatoms. The van der Waals surface area contributed by atoms with E-state index >= 15 is 0 Å². The Kier molecular flexibility index (Phi) is 7.07. The van der Waals surface area contributed by atoms with E-state index < -0.39 is 0 Å². The number of hydrogen-bond acceptors (Lipinski definition) is 7. The lowest BCUT2D eigenvalue weighted by Gasteiger charge is -2.10. The SMILES string of the molecule is COC(=O)c1ccc(-n2c(C)cc(C(=O)CSc3nnc(-c4cccc(OC)c4)n3C)c2C)cc1. The van der Waals surface area contributed by atoms with E-state index in [1.807, 2.05) is 72.5 Å². The van der Waals surface area contributed by atoms with Gasteiger partial charge in [0.1, 0.15) is 5.75 Å². The van der Waals surface area contributed by atoms with Crippen LogP contribution in [-0.4, -0.2) is 51.1 Å². The second-order valence-electron chi connectivity index (χ2n) is 7.97. The molecule has 0 amide bonds. The molecule has 2 aromatic carbocycles. The molecule has 35 heavy (non-hydrogen) atoms. The molecule has 0 atom stereocenters. The number of aromatic nitrogens is 4. The van der Waals surface area contributed by atoms with Gasteiger partial charge in [-0.15, -0.1) is 10.2 Å². The number of Topliss-reactive ketones (excluding diaryl/α,β-unsaturated/α-hetero) is 1. The van der Waals surface area contributed by atoms with Crippen LogP contribution >= 0.6 is 11.8 Å². The van der Waals surface area contributed by atoms with E-state index in [2.05, 4.69) is 10.2 Å². The molecule has 0 aliphatic heterocycles. The lowest BCUT2D eigenvalue weighted by Crippen LogP contribution is -2.07. The van der Waals surface area contributed by atoms with Crippen molar-refractivity contribution in [3.8, 4) is 22.8 Å². The number of methoxy groups -OCH3 is 2. The van der Waals surface area contributed by atoms with Crippen molar-refractivity contribution in [1.29, 1.82) is 0 Å². The molecule has 0 unspecified atom stereocenters. The van der Waals surface area contributed by atoms with Crippen molar-refractivity contribution in [1.82, 2.24) is 19.3 Å². The molecular weight excluding hydrogens is 464 g/mol. The third-order valence-corrected chi connectivity index (χ3v) is 6.79. The summed E-state index contributed by atoms with van der Waals surface area (Å²) in [4.78, 5) is 24.8. The maximum absolute atomic E-state index is 13.1. The van der Waals surface area contributed by atoms with Crippen molar-refractivity contribution in [3.63, 3.8) is 0 Å². The van der Waals surface area contributed by atoms with E-state index in [1.54, 1.807) is 19.2 Å². The number of benzene rings is 2. The Morgan fingerprint density at radius 1 is 1.00 bits per heavy atom. The molecule has 180 valence electrons. The maximum Gasteiger partial charge on any atom is 0.337 e. The van der Waals surface area contributed by atoms with Crippen LogP contribution in [0.25, 0.3) is 17.1 Å². The van der Waals surface area contributed by atoms with Gasteiger partial charge in [0.05, 0.1) is 25.5 Å². The molecular formula is C26H26N4O4S. The minimum absolute atomic E-state index is 0.00598. The molecule has 4 rings (SSSR count). The molecule has 2 heterocycles. The van der Waals surface area contributed by atoms with Gasteiger partial charge < -0.3 is 18.6 Å². The van der Waals surface area contributed by atoms with Crippen molar-refractivity contribution in [3.05, 3.63) is 77.1 Å². The molecule has 0 N–H and O–H groups in total. The van der Waals surface area contributed by atoms with E-state index in [9.17, 15) is 9.59 Å². The average molecular weight is 491 g/mol. The maximum atomic E-state index is 13.1. The van der Waals surface area contributed by atoms with Crippen molar-refractivity contribution >= 4 is 23.5 Å². The van der Waals surface area contributed by atoms with Gasteiger partial charge in [-0.1, -0.05) is 23.9 Å². The standard InChI is InChI=1S/C26H26N4O4S/c1-16-13-22(17(2)30(16)20-11-9-18(10-12-20)25(32)34-5)23(31)15-35-26-28-27-24(29(26)3)19-7-6-8-21(14-19)33-4/h6-14H,15H2,1-5H3. The first-order chi connectivity index (χ1) is 16.8. The zero-order valence-corrected chi connectivity index (χ0v) is 21.0. The summed E-state index contributed by atoms with van der Waals surface area (Å²) in [5.41, 5.74) is 4.66. The first-order valence-electron chi connectivity index (χ1n) is 10.9. The lowest BCUT2D eigenvalue weighted by molar-refractivity contribution is 0.0600. The largest absolute Gasteiger partial charge is 0.497 e. The van der Waals surface area contributed by atoms with Gasteiger partial charge in [0.2, 0.25) is 0 Å². The Labute approximate surface area is 207 Å². The fourth-order valence-electron chi connectivity index (χ4n) is 3.97. The van der Waals surface area contributed by atoms with Crippen LogP contribution in [0.15, 0.2) is 59.8 Å². The van der Waals surface area contributed by atoms with E-state index in [0.29, 0.717) is 22.1 Å². The molecule has 8 nitrogen and oxygen atoms in total. The third kappa shape index (κ3) is 4.85. The molecule has 0 fully saturated rings. The summed E-state index contributed by atoms with van der Waals surface area (Å²) >= 11 is 1.35. The minimum atomic E-state index is -0.385. The smallest absolute Gasteiger partial charge is 0.337 e. The predicted molar refractivity (Wildman–Crippen MR) is 135 cm³/mol.